The number of esters is 2. The van der Waals surface area contributed by atoms with Crippen molar-refractivity contribution in [3.05, 3.63) is 101 Å². The van der Waals surface area contributed by atoms with Gasteiger partial charge in [0.25, 0.3) is 11.4 Å². The predicted octanol–water partition coefficient (Wildman–Crippen LogP) is 11.8. The third-order valence-corrected chi connectivity index (χ3v) is 9.81. The molecule has 0 saturated heterocycles. The fourth-order valence-corrected chi connectivity index (χ4v) is 7.27. The second-order valence-electron chi connectivity index (χ2n) is 10.8. The van der Waals surface area contributed by atoms with Crippen LogP contribution in [0.3, 0.4) is 0 Å². The molecule has 0 unspecified atom stereocenters. The summed E-state index contributed by atoms with van der Waals surface area (Å²) in [5.74, 6) is -3.30. The van der Waals surface area contributed by atoms with Crippen LogP contribution in [0.1, 0.15) is 45.7 Å². The van der Waals surface area contributed by atoms with E-state index >= 15 is 0 Å². The van der Waals surface area contributed by atoms with Crippen LogP contribution in [-0.2, 0) is 21.8 Å². The zero-order valence-electron chi connectivity index (χ0n) is 28.4. The highest BCUT2D eigenvalue weighted by molar-refractivity contribution is 7.99. The molecule has 0 radical (unpaired) electrons. The van der Waals surface area contributed by atoms with Crippen LogP contribution in [0.4, 0.5) is 37.7 Å². The molecule has 0 spiro atoms. The van der Waals surface area contributed by atoms with Crippen LogP contribution in [0.25, 0.3) is 22.3 Å². The summed E-state index contributed by atoms with van der Waals surface area (Å²) in [5.41, 5.74) is -7.34. The lowest BCUT2D eigenvalue weighted by molar-refractivity contribution is -0.384. The van der Waals surface area contributed by atoms with Gasteiger partial charge in [-0.25, -0.2) is 9.59 Å². The first-order valence-electron chi connectivity index (χ1n) is 15.3. The number of rotatable bonds is 12. The Hall–Kier alpha value is -4.72. The van der Waals surface area contributed by atoms with Crippen molar-refractivity contribution < 1.29 is 60.0 Å². The number of hydrogen-bond acceptors (Lipinski definition) is 11. The van der Waals surface area contributed by atoms with Crippen LogP contribution >= 0.6 is 46.7 Å². The van der Waals surface area contributed by atoms with E-state index < -0.39 is 100 Å². The van der Waals surface area contributed by atoms with Crippen LogP contribution in [0.5, 0.6) is 11.5 Å². The summed E-state index contributed by atoms with van der Waals surface area (Å²) in [7, 11) is 0. The van der Waals surface area contributed by atoms with Crippen molar-refractivity contribution in [2.24, 2.45) is 0 Å². The third kappa shape index (κ3) is 8.90. The van der Waals surface area contributed by atoms with Crippen molar-refractivity contribution in [1.82, 2.24) is 0 Å². The molecule has 0 aliphatic heterocycles. The molecule has 0 amide bonds. The van der Waals surface area contributed by atoms with Gasteiger partial charge in [-0.3, -0.25) is 20.2 Å². The number of halogens is 8. The van der Waals surface area contributed by atoms with Gasteiger partial charge in [0.1, 0.15) is 11.5 Å². The Morgan fingerprint density at radius 2 is 1.00 bits per heavy atom. The van der Waals surface area contributed by atoms with Gasteiger partial charge in [0.15, 0.2) is 11.1 Å². The molecule has 0 fully saturated rings. The van der Waals surface area contributed by atoms with Gasteiger partial charge in [0.05, 0.1) is 55.1 Å². The van der Waals surface area contributed by atoms with Gasteiger partial charge in [0, 0.05) is 21.2 Å². The summed E-state index contributed by atoms with van der Waals surface area (Å²) in [4.78, 5) is 49.7. The van der Waals surface area contributed by atoms with Gasteiger partial charge in [-0.1, -0.05) is 35.3 Å². The predicted molar refractivity (Wildman–Crippen MR) is 193 cm³/mol. The molecule has 0 bridgehead atoms. The van der Waals surface area contributed by atoms with E-state index in [4.69, 9.17) is 37.4 Å². The molecule has 0 saturated carbocycles. The summed E-state index contributed by atoms with van der Waals surface area (Å²) in [5, 5.41) is 24.0. The minimum Gasteiger partial charge on any atom is -0.462 e. The van der Waals surface area contributed by atoms with E-state index in [2.05, 4.69) is 0 Å². The normalized spacial score (nSPS) is 11.6. The Morgan fingerprint density at radius 3 is 1.25 bits per heavy atom. The number of nitrogens with zero attached hydrogens (tertiary/aromatic N) is 2. The van der Waals surface area contributed by atoms with Gasteiger partial charge in [-0.05, 0) is 62.8 Å². The maximum Gasteiger partial charge on any atom is 0.416 e. The topological polar surface area (TPSA) is 148 Å². The van der Waals surface area contributed by atoms with Crippen LogP contribution in [0.2, 0.25) is 10.0 Å². The van der Waals surface area contributed by atoms with Gasteiger partial charge in [-0.15, -0.1) is 23.5 Å². The molecule has 292 valence electrons. The molecule has 0 N–H and O–H groups in total. The van der Waals surface area contributed by atoms with Gasteiger partial charge in [-0.2, -0.15) is 26.3 Å². The molecule has 4 aromatic rings. The Balaban J connectivity index is 2.18. The average molecular weight is 854 g/mol. The number of alkyl halides is 6. The third-order valence-electron chi connectivity index (χ3n) is 7.56. The van der Waals surface area contributed by atoms with Crippen molar-refractivity contribution in [2.45, 2.75) is 36.0 Å². The van der Waals surface area contributed by atoms with Gasteiger partial charge >= 0.3 is 24.3 Å². The summed E-state index contributed by atoms with van der Waals surface area (Å²) in [6.45, 7) is 2.26. The first kappa shape index (κ1) is 43.0. The van der Waals surface area contributed by atoms with Crippen LogP contribution < -0.4 is 4.74 Å². The first-order chi connectivity index (χ1) is 25.7. The number of ether oxygens (including phenoxy) is 3. The highest BCUT2D eigenvalue weighted by Gasteiger charge is 2.38. The van der Waals surface area contributed by atoms with Crippen molar-refractivity contribution in [2.75, 3.05) is 25.7 Å². The summed E-state index contributed by atoms with van der Waals surface area (Å²) >= 11 is 14.0. The van der Waals surface area contributed by atoms with E-state index in [1.54, 1.807) is 0 Å². The van der Waals surface area contributed by atoms with Crippen LogP contribution in [-0.4, -0.2) is 47.5 Å². The number of carbonyl (C=O) groups is 2. The van der Waals surface area contributed by atoms with E-state index in [-0.39, 0.29) is 34.1 Å². The maximum atomic E-state index is 13.5. The number of carbonyl (C=O) groups excluding carboxylic acids is 2. The largest absolute Gasteiger partial charge is 0.462 e. The van der Waals surface area contributed by atoms with Crippen LogP contribution in [0, 0.1) is 20.2 Å². The van der Waals surface area contributed by atoms with E-state index in [9.17, 15) is 56.2 Å². The number of nitro groups is 2. The van der Waals surface area contributed by atoms with E-state index in [0.717, 1.165) is 47.8 Å². The minimum atomic E-state index is -4.85. The first-order valence-corrected chi connectivity index (χ1v) is 18.5. The average Bonchev–Trinajstić information content (AvgIpc) is 3.09. The monoisotopic (exact) mass is 852 g/mol. The molecular weight excluding hydrogens is 829 g/mol. The summed E-state index contributed by atoms with van der Waals surface area (Å²) in [6.07, 6.45) is -6.92. The lowest BCUT2D eigenvalue weighted by Crippen LogP contribution is -2.13. The SMILES string of the molecule is CCOC(=O)c1c(SC)c(Oc2cc(-c3ccc(C(F)(F)F)cc3Cl)c([N+](=O)[O-])c(C(=O)OCC)c2SC)cc(-c2ccc(C(F)(F)F)cc2Cl)c1[N+](=O)[O-]. The maximum absolute atomic E-state index is 13.5. The molecule has 0 heterocycles. The fraction of sp³-hybridized carbons (Fsp3) is 0.235. The van der Waals surface area contributed by atoms with E-state index in [0.29, 0.717) is 24.3 Å². The smallest absolute Gasteiger partial charge is 0.416 e. The molecule has 11 nitrogen and oxygen atoms in total. The summed E-state index contributed by atoms with van der Waals surface area (Å²) in [6, 6.07) is 5.89. The number of benzene rings is 4. The minimum absolute atomic E-state index is 0.255. The lowest BCUT2D eigenvalue weighted by Gasteiger charge is -2.20. The zero-order chi connectivity index (χ0) is 41.2. The molecule has 4 aromatic carbocycles. The second kappa shape index (κ2) is 17.0. The van der Waals surface area contributed by atoms with Crippen molar-refractivity contribution in [1.29, 1.82) is 0 Å². The quantitative estimate of drug-likeness (QED) is 0.0441. The highest BCUT2D eigenvalue weighted by atomic mass is 35.5. The molecule has 0 aromatic heterocycles. The number of hydrogen-bond donors (Lipinski definition) is 0. The Morgan fingerprint density at radius 1 is 0.655 bits per heavy atom. The van der Waals surface area contributed by atoms with Crippen molar-refractivity contribution >= 4 is 70.0 Å². The molecule has 0 atom stereocenters. The number of nitro benzene ring substituents is 2. The van der Waals surface area contributed by atoms with E-state index in [1.165, 1.54) is 26.4 Å². The Labute approximate surface area is 325 Å². The van der Waals surface area contributed by atoms with Gasteiger partial charge < -0.3 is 14.2 Å². The Bertz CT molecular complexity index is 2070. The van der Waals surface area contributed by atoms with Crippen molar-refractivity contribution in [3.63, 3.8) is 0 Å². The molecule has 0 aliphatic carbocycles. The molecule has 21 heteroatoms. The zero-order valence-corrected chi connectivity index (χ0v) is 31.6. The standard InChI is InChI=1S/C34H24Cl2F6N2O9S2/c1-5-51-31(45)25-27(43(47)48)19(17-9-7-15(11-21(17)35)33(37,38)39)13-23(29(25)54-3)53-24-14-20(18-10-8-16(12-22(18)36)34(40,41)42)28(44(49)50)26(30(24)55-4)32(46)52-6-2/h7-14H,5-6H2,1-4H3. The molecular formula is C34H24Cl2F6N2O9S2. The van der Waals surface area contributed by atoms with Crippen molar-refractivity contribution in [3.8, 4) is 33.8 Å². The summed E-state index contributed by atoms with van der Waals surface area (Å²) < 4.78 is 97.6. The molecule has 4 rings (SSSR count). The second-order valence-corrected chi connectivity index (χ2v) is 13.2. The Kier molecular flexibility index (Phi) is 13.3. The van der Waals surface area contributed by atoms with Crippen LogP contribution in [0.15, 0.2) is 58.3 Å². The molecule has 0 aliphatic rings. The van der Waals surface area contributed by atoms with E-state index in [1.807, 2.05) is 0 Å². The lowest BCUT2D eigenvalue weighted by atomic mass is 9.97. The molecule has 55 heavy (non-hydrogen) atoms. The van der Waals surface area contributed by atoms with Gasteiger partial charge in [0.2, 0.25) is 0 Å². The highest BCUT2D eigenvalue weighted by Crippen LogP contribution is 2.51. The number of thioether (sulfide) groups is 2. The fourth-order valence-electron chi connectivity index (χ4n) is 5.33.